The molecule has 0 saturated carbocycles. The zero-order valence-corrected chi connectivity index (χ0v) is 19.4. The molecule has 3 aromatic rings. The molecule has 0 aliphatic rings. The number of methoxy groups -OCH3 is 2. The number of amides is 1. The maximum absolute atomic E-state index is 13.2. The number of carbonyl (C=O) groups excluding carboxylic acids is 1. The van der Waals surface area contributed by atoms with Gasteiger partial charge < -0.3 is 19.4 Å². The second kappa shape index (κ2) is 9.41. The summed E-state index contributed by atoms with van der Waals surface area (Å²) < 4.78 is 38.7. The number of nitrogens with zero attached hydrogens (tertiary/aromatic N) is 3. The first-order valence-corrected chi connectivity index (χ1v) is 11.2. The maximum atomic E-state index is 13.2. The molecule has 1 atom stereocenters. The minimum absolute atomic E-state index is 0.0874. The van der Waals surface area contributed by atoms with E-state index in [1.807, 2.05) is 23.7 Å². The standard InChI is InChI=1S/C22H26N4O5S/c1-25(2)32(28,29)19-14-16(8-11-18(19)31-5)22(27)24-20(21-23-12-13-26(21)3)15-6-9-17(30-4)10-7-15/h6-14,20H,1-5H3,(H,24,27)/t20-/m1/s1. The van der Waals surface area contributed by atoms with Gasteiger partial charge in [-0.3, -0.25) is 4.79 Å². The maximum Gasteiger partial charge on any atom is 0.252 e. The molecule has 10 heteroatoms. The van der Waals surface area contributed by atoms with E-state index < -0.39 is 22.0 Å². The van der Waals surface area contributed by atoms with Gasteiger partial charge in [-0.05, 0) is 35.9 Å². The Bertz CT molecular complexity index is 1200. The molecule has 1 aromatic heterocycles. The molecule has 0 fully saturated rings. The quantitative estimate of drug-likeness (QED) is 0.555. The first-order chi connectivity index (χ1) is 15.2. The number of hydrogen-bond donors (Lipinski definition) is 1. The number of sulfonamides is 1. The van der Waals surface area contributed by atoms with Crippen LogP contribution in [0, 0.1) is 0 Å². The lowest BCUT2D eigenvalue weighted by Crippen LogP contribution is -2.31. The second-order valence-electron chi connectivity index (χ2n) is 7.23. The molecule has 1 heterocycles. The predicted octanol–water partition coefficient (Wildman–Crippen LogP) is 2.21. The largest absolute Gasteiger partial charge is 0.497 e. The molecule has 0 spiro atoms. The molecule has 3 rings (SSSR count). The van der Waals surface area contributed by atoms with Gasteiger partial charge in [-0.2, -0.15) is 0 Å². The summed E-state index contributed by atoms with van der Waals surface area (Å²) in [7, 11) is 3.81. The summed E-state index contributed by atoms with van der Waals surface area (Å²) in [4.78, 5) is 17.5. The van der Waals surface area contributed by atoms with Crippen LogP contribution in [0.15, 0.2) is 59.8 Å². The minimum atomic E-state index is -3.82. The highest BCUT2D eigenvalue weighted by Gasteiger charge is 2.26. The normalized spacial score (nSPS) is 12.4. The number of aryl methyl sites for hydroxylation is 1. The Morgan fingerprint density at radius 2 is 1.78 bits per heavy atom. The molecule has 0 aliphatic heterocycles. The molecular weight excluding hydrogens is 432 g/mol. The first kappa shape index (κ1) is 23.3. The van der Waals surface area contributed by atoms with E-state index in [9.17, 15) is 13.2 Å². The summed E-state index contributed by atoms with van der Waals surface area (Å²) in [5.74, 6) is 1.02. The van der Waals surface area contributed by atoms with E-state index >= 15 is 0 Å². The van der Waals surface area contributed by atoms with Gasteiger partial charge in [0, 0.05) is 39.1 Å². The molecule has 0 bridgehead atoms. The van der Waals surface area contributed by atoms with Crippen LogP contribution in [0.3, 0.4) is 0 Å². The Morgan fingerprint density at radius 1 is 1.09 bits per heavy atom. The van der Waals surface area contributed by atoms with E-state index in [1.165, 1.54) is 39.4 Å². The summed E-state index contributed by atoms with van der Waals surface area (Å²) in [6, 6.07) is 11.0. The lowest BCUT2D eigenvalue weighted by molar-refractivity contribution is 0.0941. The number of hydrogen-bond acceptors (Lipinski definition) is 6. The highest BCUT2D eigenvalue weighted by molar-refractivity contribution is 7.89. The van der Waals surface area contributed by atoms with Crippen LogP contribution in [0.5, 0.6) is 11.5 Å². The summed E-state index contributed by atoms with van der Waals surface area (Å²) >= 11 is 0. The van der Waals surface area contributed by atoms with Crippen molar-refractivity contribution >= 4 is 15.9 Å². The van der Waals surface area contributed by atoms with Crippen LogP contribution in [-0.4, -0.2) is 56.5 Å². The Labute approximate surface area is 187 Å². The first-order valence-electron chi connectivity index (χ1n) is 9.71. The lowest BCUT2D eigenvalue weighted by Gasteiger charge is -2.20. The van der Waals surface area contributed by atoms with Crippen molar-refractivity contribution in [2.24, 2.45) is 7.05 Å². The Kier molecular flexibility index (Phi) is 6.85. The van der Waals surface area contributed by atoms with Crippen molar-refractivity contribution in [3.63, 3.8) is 0 Å². The van der Waals surface area contributed by atoms with E-state index in [1.54, 1.807) is 31.6 Å². The Morgan fingerprint density at radius 3 is 2.31 bits per heavy atom. The molecule has 1 amide bonds. The number of nitrogens with one attached hydrogen (secondary N) is 1. The third-order valence-electron chi connectivity index (χ3n) is 5.03. The van der Waals surface area contributed by atoms with E-state index in [0.29, 0.717) is 11.6 Å². The fraction of sp³-hybridized carbons (Fsp3) is 0.273. The van der Waals surface area contributed by atoms with E-state index in [-0.39, 0.29) is 16.2 Å². The average Bonchev–Trinajstić information content (AvgIpc) is 3.22. The molecule has 0 radical (unpaired) electrons. The van der Waals surface area contributed by atoms with Crippen LogP contribution in [-0.2, 0) is 17.1 Å². The molecule has 0 aliphatic carbocycles. The van der Waals surface area contributed by atoms with Gasteiger partial charge in [0.1, 0.15) is 28.3 Å². The molecule has 1 N–H and O–H groups in total. The van der Waals surface area contributed by atoms with Gasteiger partial charge in [-0.15, -0.1) is 0 Å². The fourth-order valence-corrected chi connectivity index (χ4v) is 4.25. The smallest absolute Gasteiger partial charge is 0.252 e. The number of rotatable bonds is 8. The van der Waals surface area contributed by atoms with Gasteiger partial charge in [0.05, 0.1) is 14.2 Å². The lowest BCUT2D eigenvalue weighted by atomic mass is 10.0. The van der Waals surface area contributed by atoms with Gasteiger partial charge in [-0.1, -0.05) is 12.1 Å². The highest BCUT2D eigenvalue weighted by Crippen LogP contribution is 2.28. The van der Waals surface area contributed by atoms with Crippen molar-refractivity contribution in [2.45, 2.75) is 10.9 Å². The second-order valence-corrected chi connectivity index (χ2v) is 9.35. The molecule has 9 nitrogen and oxygen atoms in total. The molecule has 32 heavy (non-hydrogen) atoms. The van der Waals surface area contributed by atoms with Gasteiger partial charge in [0.2, 0.25) is 10.0 Å². The SMILES string of the molecule is COc1ccc([C@@H](NC(=O)c2ccc(OC)c(S(=O)(=O)N(C)C)c2)c2nccn2C)cc1. The number of benzene rings is 2. The molecule has 170 valence electrons. The number of carbonyl (C=O) groups is 1. The van der Waals surface area contributed by atoms with Crippen LogP contribution >= 0.6 is 0 Å². The third kappa shape index (κ3) is 4.61. The molecule has 0 unspecified atom stereocenters. The number of imidazole rings is 1. The van der Waals surface area contributed by atoms with Crippen LogP contribution in [0.25, 0.3) is 0 Å². The summed E-state index contributed by atoms with van der Waals surface area (Å²) in [6.45, 7) is 0. The van der Waals surface area contributed by atoms with Crippen molar-refractivity contribution in [3.05, 3.63) is 71.8 Å². The molecular formula is C22H26N4O5S. The minimum Gasteiger partial charge on any atom is -0.497 e. The van der Waals surface area contributed by atoms with Crippen LogP contribution < -0.4 is 14.8 Å². The zero-order valence-electron chi connectivity index (χ0n) is 18.6. The van der Waals surface area contributed by atoms with Crippen molar-refractivity contribution in [1.82, 2.24) is 19.2 Å². The summed E-state index contributed by atoms with van der Waals surface area (Å²) in [5.41, 5.74) is 0.974. The topological polar surface area (TPSA) is 103 Å². The van der Waals surface area contributed by atoms with Crippen LogP contribution in [0.4, 0.5) is 0 Å². The van der Waals surface area contributed by atoms with Crippen molar-refractivity contribution in [3.8, 4) is 11.5 Å². The van der Waals surface area contributed by atoms with E-state index in [4.69, 9.17) is 9.47 Å². The van der Waals surface area contributed by atoms with Crippen molar-refractivity contribution < 1.29 is 22.7 Å². The molecule has 0 saturated heterocycles. The van der Waals surface area contributed by atoms with Crippen LogP contribution in [0.1, 0.15) is 27.8 Å². The van der Waals surface area contributed by atoms with Crippen LogP contribution in [0.2, 0.25) is 0 Å². The Balaban J connectivity index is 2.00. The fourth-order valence-electron chi connectivity index (χ4n) is 3.18. The average molecular weight is 459 g/mol. The van der Waals surface area contributed by atoms with Crippen molar-refractivity contribution in [1.29, 1.82) is 0 Å². The monoisotopic (exact) mass is 458 g/mol. The Hall–Kier alpha value is -3.37. The molecule has 2 aromatic carbocycles. The van der Waals surface area contributed by atoms with Gasteiger partial charge in [-0.25, -0.2) is 17.7 Å². The highest BCUT2D eigenvalue weighted by atomic mass is 32.2. The van der Waals surface area contributed by atoms with Gasteiger partial charge in [0.15, 0.2) is 0 Å². The third-order valence-corrected chi connectivity index (χ3v) is 6.86. The predicted molar refractivity (Wildman–Crippen MR) is 119 cm³/mol. The summed E-state index contributed by atoms with van der Waals surface area (Å²) in [6.07, 6.45) is 3.43. The van der Waals surface area contributed by atoms with E-state index in [0.717, 1.165) is 9.87 Å². The van der Waals surface area contributed by atoms with Gasteiger partial charge >= 0.3 is 0 Å². The van der Waals surface area contributed by atoms with E-state index in [2.05, 4.69) is 10.3 Å². The van der Waals surface area contributed by atoms with Gasteiger partial charge in [0.25, 0.3) is 5.91 Å². The number of aromatic nitrogens is 2. The summed E-state index contributed by atoms with van der Waals surface area (Å²) in [5, 5.41) is 2.96. The van der Waals surface area contributed by atoms with Crippen molar-refractivity contribution in [2.75, 3.05) is 28.3 Å². The number of ether oxygens (including phenoxy) is 2. The zero-order chi connectivity index (χ0) is 23.5.